The van der Waals surface area contributed by atoms with Gasteiger partial charge in [-0.1, -0.05) is 23.7 Å². The molecule has 128 valence electrons. The molecule has 0 aromatic heterocycles. The number of nitrogen functional groups attached to an aromatic ring is 1. The van der Waals surface area contributed by atoms with Gasteiger partial charge in [0.2, 0.25) is 0 Å². The molecule has 0 saturated heterocycles. The van der Waals surface area contributed by atoms with Crippen LogP contribution in [0.3, 0.4) is 0 Å². The van der Waals surface area contributed by atoms with Crippen LogP contribution in [0, 0.1) is 0 Å². The summed E-state index contributed by atoms with van der Waals surface area (Å²) in [5.74, 6) is -2.69. The van der Waals surface area contributed by atoms with E-state index in [2.05, 4.69) is 4.74 Å². The minimum Gasteiger partial charge on any atom is -0.438 e. The van der Waals surface area contributed by atoms with E-state index < -0.39 is 12.3 Å². The highest BCUT2D eigenvalue weighted by atomic mass is 35.5. The third-order valence-electron chi connectivity index (χ3n) is 3.41. The van der Waals surface area contributed by atoms with E-state index in [9.17, 15) is 23.4 Å². The summed E-state index contributed by atoms with van der Waals surface area (Å²) in [4.78, 5) is 0. The third kappa shape index (κ3) is 3.21. The predicted octanol–water partition coefficient (Wildman–Crippen LogP) is 3.06. The van der Waals surface area contributed by atoms with E-state index in [-0.39, 0.29) is 28.6 Å². The van der Waals surface area contributed by atoms with Gasteiger partial charge in [0.1, 0.15) is 11.5 Å². The number of aliphatic hydroxyl groups is 2. The van der Waals surface area contributed by atoms with Gasteiger partial charge in [-0.25, -0.2) is 0 Å². The Morgan fingerprint density at radius 1 is 1.21 bits per heavy atom. The first-order chi connectivity index (χ1) is 11.1. The van der Waals surface area contributed by atoms with Crippen molar-refractivity contribution in [1.82, 2.24) is 0 Å². The molecule has 5 nitrogen and oxygen atoms in total. The van der Waals surface area contributed by atoms with Crippen molar-refractivity contribution in [3.05, 3.63) is 40.9 Å². The number of hydrogen-bond acceptors (Lipinski definition) is 5. The third-order valence-corrected chi connectivity index (χ3v) is 3.85. The molecule has 0 radical (unpaired) electrons. The SMILES string of the molecule is Nc1cc(-c2ccc(OC(F)(F)F)cc2)c2c(c1Cl)CC(O)(O)O2. The second kappa shape index (κ2) is 5.44. The molecule has 2 aromatic rings. The zero-order valence-electron chi connectivity index (χ0n) is 11.9. The molecule has 9 heteroatoms. The molecule has 2 aromatic carbocycles. The Balaban J connectivity index is 2.02. The number of anilines is 1. The van der Waals surface area contributed by atoms with Crippen LogP contribution in [-0.4, -0.2) is 22.5 Å². The summed E-state index contributed by atoms with van der Waals surface area (Å²) >= 11 is 6.05. The van der Waals surface area contributed by atoms with E-state index in [0.29, 0.717) is 16.7 Å². The molecule has 0 unspecified atom stereocenters. The Morgan fingerprint density at radius 3 is 2.42 bits per heavy atom. The van der Waals surface area contributed by atoms with Crippen molar-refractivity contribution >= 4 is 17.3 Å². The Kier molecular flexibility index (Phi) is 3.78. The summed E-state index contributed by atoms with van der Waals surface area (Å²) in [6.07, 6.45) is -5.07. The van der Waals surface area contributed by atoms with Gasteiger partial charge in [0.15, 0.2) is 0 Å². The van der Waals surface area contributed by atoms with Crippen LogP contribution >= 0.6 is 11.6 Å². The normalized spacial score (nSPS) is 15.8. The molecule has 4 N–H and O–H groups in total. The molecular weight excluding hydrogens is 351 g/mol. The van der Waals surface area contributed by atoms with Gasteiger partial charge in [0, 0.05) is 11.1 Å². The molecule has 0 bridgehead atoms. The fourth-order valence-electron chi connectivity index (χ4n) is 2.48. The fourth-order valence-corrected chi connectivity index (χ4v) is 2.68. The van der Waals surface area contributed by atoms with Crippen LogP contribution in [0.2, 0.25) is 5.02 Å². The van der Waals surface area contributed by atoms with Gasteiger partial charge >= 0.3 is 12.3 Å². The lowest BCUT2D eigenvalue weighted by Crippen LogP contribution is -2.32. The predicted molar refractivity (Wildman–Crippen MR) is 79.5 cm³/mol. The molecule has 24 heavy (non-hydrogen) atoms. The molecule has 0 fully saturated rings. The quantitative estimate of drug-likeness (QED) is 0.565. The first kappa shape index (κ1) is 16.7. The minimum atomic E-state index is -4.79. The van der Waals surface area contributed by atoms with Crippen LogP contribution in [-0.2, 0) is 6.42 Å². The summed E-state index contributed by atoms with van der Waals surface area (Å²) in [6, 6.07) is 6.42. The van der Waals surface area contributed by atoms with Gasteiger partial charge < -0.3 is 25.4 Å². The molecule has 1 aliphatic rings. The highest BCUT2D eigenvalue weighted by Gasteiger charge is 2.39. The van der Waals surface area contributed by atoms with Crippen molar-refractivity contribution in [2.24, 2.45) is 0 Å². The van der Waals surface area contributed by atoms with Gasteiger partial charge in [0.25, 0.3) is 0 Å². The van der Waals surface area contributed by atoms with Crippen molar-refractivity contribution in [3.8, 4) is 22.6 Å². The Hall–Kier alpha value is -2.16. The highest BCUT2D eigenvalue weighted by Crippen LogP contribution is 2.47. The lowest BCUT2D eigenvalue weighted by atomic mass is 9.99. The van der Waals surface area contributed by atoms with E-state index in [4.69, 9.17) is 22.1 Å². The van der Waals surface area contributed by atoms with Crippen molar-refractivity contribution in [1.29, 1.82) is 0 Å². The average Bonchev–Trinajstić information content (AvgIpc) is 2.78. The zero-order valence-corrected chi connectivity index (χ0v) is 12.6. The number of fused-ring (bicyclic) bond motifs is 1. The van der Waals surface area contributed by atoms with Gasteiger partial charge in [-0.2, -0.15) is 0 Å². The highest BCUT2D eigenvalue weighted by molar-refractivity contribution is 6.34. The number of ether oxygens (including phenoxy) is 2. The molecule has 0 saturated carbocycles. The molecule has 1 heterocycles. The molecule has 0 aliphatic carbocycles. The van der Waals surface area contributed by atoms with E-state index in [0.717, 1.165) is 12.1 Å². The molecule has 0 atom stereocenters. The van der Waals surface area contributed by atoms with E-state index in [1.165, 1.54) is 18.2 Å². The van der Waals surface area contributed by atoms with Crippen LogP contribution in [0.25, 0.3) is 11.1 Å². The molecular formula is C15H11ClF3NO4. The zero-order chi connectivity index (χ0) is 17.7. The van der Waals surface area contributed by atoms with Crippen LogP contribution in [0.15, 0.2) is 30.3 Å². The summed E-state index contributed by atoms with van der Waals surface area (Å²) < 4.78 is 45.5. The smallest absolute Gasteiger partial charge is 0.438 e. The van der Waals surface area contributed by atoms with Crippen LogP contribution in [0.4, 0.5) is 18.9 Å². The van der Waals surface area contributed by atoms with Crippen LogP contribution in [0.5, 0.6) is 11.5 Å². The summed E-state index contributed by atoms with van der Waals surface area (Å²) in [6.45, 7) is 0. The lowest BCUT2D eigenvalue weighted by molar-refractivity contribution is -0.279. The molecule has 3 rings (SSSR count). The second-order valence-electron chi connectivity index (χ2n) is 5.23. The average molecular weight is 362 g/mol. The van der Waals surface area contributed by atoms with E-state index in [1.54, 1.807) is 0 Å². The standard InChI is InChI=1S/C15H11ClF3NO4/c16-12-10-6-14(21,22)24-13(10)9(5-11(12)20)7-1-3-8(4-2-7)23-15(17,18)19/h1-5,21-22H,6,20H2. The van der Waals surface area contributed by atoms with Crippen molar-refractivity contribution < 1.29 is 32.9 Å². The fraction of sp³-hybridized carbons (Fsp3) is 0.200. The summed E-state index contributed by atoms with van der Waals surface area (Å²) in [5, 5.41) is 19.5. The number of hydrogen-bond donors (Lipinski definition) is 3. The van der Waals surface area contributed by atoms with E-state index in [1.807, 2.05) is 0 Å². The summed E-state index contributed by atoms with van der Waals surface area (Å²) in [5.41, 5.74) is 7.12. The van der Waals surface area contributed by atoms with Crippen LogP contribution in [0.1, 0.15) is 5.56 Å². The Bertz CT molecular complexity index is 791. The Morgan fingerprint density at radius 2 is 1.83 bits per heavy atom. The molecule has 1 aliphatic heterocycles. The first-order valence-electron chi connectivity index (χ1n) is 6.66. The molecule has 0 spiro atoms. The number of alkyl halides is 3. The van der Waals surface area contributed by atoms with E-state index >= 15 is 0 Å². The van der Waals surface area contributed by atoms with Gasteiger partial charge in [-0.05, 0) is 23.8 Å². The largest absolute Gasteiger partial charge is 0.573 e. The molecule has 0 amide bonds. The maximum Gasteiger partial charge on any atom is 0.573 e. The maximum atomic E-state index is 12.2. The topological polar surface area (TPSA) is 84.9 Å². The van der Waals surface area contributed by atoms with Gasteiger partial charge in [0.05, 0.1) is 17.1 Å². The second-order valence-corrected chi connectivity index (χ2v) is 5.61. The first-order valence-corrected chi connectivity index (χ1v) is 7.04. The maximum absolute atomic E-state index is 12.2. The lowest BCUT2D eigenvalue weighted by Gasteiger charge is -2.15. The number of benzene rings is 2. The number of halogens is 4. The minimum absolute atomic E-state index is 0.115. The van der Waals surface area contributed by atoms with Crippen LogP contribution < -0.4 is 15.2 Å². The van der Waals surface area contributed by atoms with Gasteiger partial charge in [-0.15, -0.1) is 13.2 Å². The Labute approximate surface area is 139 Å². The summed E-state index contributed by atoms with van der Waals surface area (Å²) in [7, 11) is 0. The van der Waals surface area contributed by atoms with Gasteiger partial charge in [-0.3, -0.25) is 0 Å². The number of rotatable bonds is 2. The number of nitrogens with two attached hydrogens (primary N) is 1. The van der Waals surface area contributed by atoms with Crippen molar-refractivity contribution in [3.63, 3.8) is 0 Å². The monoisotopic (exact) mass is 361 g/mol. The van der Waals surface area contributed by atoms with Crippen molar-refractivity contribution in [2.45, 2.75) is 18.8 Å². The van der Waals surface area contributed by atoms with Crippen molar-refractivity contribution in [2.75, 3.05) is 5.73 Å².